The molecule has 0 aliphatic rings. The standard InChI is InChI=1S/C16H21NO4S/c1-16(2,3)21-15(18)17-12-8-7-10-13-9-5-6-11-14(13)22(4,19)20/h5-6,9,11H,8,12H2,1-4H3,(H,17,18). The Kier molecular flexibility index (Phi) is 6.01. The van der Waals surface area contributed by atoms with Gasteiger partial charge in [-0.15, -0.1) is 0 Å². The zero-order valence-electron chi connectivity index (χ0n) is 13.3. The largest absolute Gasteiger partial charge is 0.444 e. The number of carbonyl (C=O) groups excluding carboxylic acids is 1. The van der Waals surface area contributed by atoms with Gasteiger partial charge in [0.05, 0.1) is 4.90 Å². The fourth-order valence-corrected chi connectivity index (χ4v) is 2.44. The summed E-state index contributed by atoms with van der Waals surface area (Å²) in [6, 6.07) is 6.58. The Balaban J connectivity index is 2.58. The first-order valence-corrected chi connectivity index (χ1v) is 8.73. The summed E-state index contributed by atoms with van der Waals surface area (Å²) in [7, 11) is -3.30. The average molecular weight is 323 g/mol. The molecule has 0 saturated heterocycles. The quantitative estimate of drug-likeness (QED) is 0.684. The fraction of sp³-hybridized carbons (Fsp3) is 0.438. The smallest absolute Gasteiger partial charge is 0.407 e. The molecule has 1 rings (SSSR count). The molecule has 22 heavy (non-hydrogen) atoms. The minimum atomic E-state index is -3.30. The minimum absolute atomic E-state index is 0.211. The van der Waals surface area contributed by atoms with Crippen molar-refractivity contribution < 1.29 is 17.9 Å². The Morgan fingerprint density at radius 1 is 1.27 bits per heavy atom. The predicted octanol–water partition coefficient (Wildman–Crippen LogP) is 2.36. The van der Waals surface area contributed by atoms with Crippen molar-refractivity contribution in [3.63, 3.8) is 0 Å². The molecule has 0 saturated carbocycles. The van der Waals surface area contributed by atoms with Gasteiger partial charge < -0.3 is 10.1 Å². The number of hydrogen-bond acceptors (Lipinski definition) is 4. The lowest BCUT2D eigenvalue weighted by Gasteiger charge is -2.19. The van der Waals surface area contributed by atoms with E-state index in [1.54, 1.807) is 39.0 Å². The summed E-state index contributed by atoms with van der Waals surface area (Å²) in [4.78, 5) is 11.6. The van der Waals surface area contributed by atoms with Gasteiger partial charge in [0.1, 0.15) is 5.60 Å². The van der Waals surface area contributed by atoms with Gasteiger partial charge in [-0.25, -0.2) is 13.2 Å². The van der Waals surface area contributed by atoms with Crippen LogP contribution in [0.25, 0.3) is 0 Å². The van der Waals surface area contributed by atoms with Gasteiger partial charge in [0, 0.05) is 24.8 Å². The van der Waals surface area contributed by atoms with E-state index in [4.69, 9.17) is 4.74 Å². The maximum Gasteiger partial charge on any atom is 0.407 e. The average Bonchev–Trinajstić information content (AvgIpc) is 2.35. The summed E-state index contributed by atoms with van der Waals surface area (Å²) < 4.78 is 28.3. The molecule has 1 aromatic rings. The zero-order chi connectivity index (χ0) is 16.8. The van der Waals surface area contributed by atoms with Crippen LogP contribution in [-0.4, -0.2) is 32.9 Å². The topological polar surface area (TPSA) is 72.5 Å². The number of benzene rings is 1. The molecule has 0 aliphatic carbocycles. The highest BCUT2D eigenvalue weighted by Crippen LogP contribution is 2.13. The Bertz CT molecular complexity index is 691. The molecule has 0 aromatic heterocycles. The number of ether oxygens (including phenoxy) is 1. The molecular formula is C16H21NO4S. The molecule has 0 heterocycles. The van der Waals surface area contributed by atoms with Crippen molar-refractivity contribution in [2.45, 2.75) is 37.7 Å². The third-order valence-corrected chi connectivity index (χ3v) is 3.58. The second-order valence-corrected chi connectivity index (χ2v) is 7.73. The minimum Gasteiger partial charge on any atom is -0.444 e. The van der Waals surface area contributed by atoms with Crippen molar-refractivity contribution in [3.05, 3.63) is 29.8 Å². The van der Waals surface area contributed by atoms with E-state index in [9.17, 15) is 13.2 Å². The summed E-state index contributed by atoms with van der Waals surface area (Å²) in [5.41, 5.74) is -0.0771. The van der Waals surface area contributed by atoms with Crippen LogP contribution in [0.15, 0.2) is 29.2 Å². The van der Waals surface area contributed by atoms with E-state index >= 15 is 0 Å². The first-order valence-electron chi connectivity index (χ1n) is 6.84. The SMILES string of the molecule is CC(C)(C)OC(=O)NCCC#Cc1ccccc1S(C)(=O)=O. The van der Waals surface area contributed by atoms with Gasteiger partial charge in [0.2, 0.25) is 0 Å². The van der Waals surface area contributed by atoms with Crippen LogP contribution in [0.3, 0.4) is 0 Å². The third kappa shape index (κ3) is 6.64. The van der Waals surface area contributed by atoms with Crippen LogP contribution in [0, 0.1) is 11.8 Å². The van der Waals surface area contributed by atoms with Crippen molar-refractivity contribution >= 4 is 15.9 Å². The van der Waals surface area contributed by atoms with Crippen molar-refractivity contribution in [3.8, 4) is 11.8 Å². The highest BCUT2D eigenvalue weighted by molar-refractivity contribution is 7.90. The molecule has 1 N–H and O–H groups in total. The fourth-order valence-electron chi connectivity index (χ4n) is 1.59. The van der Waals surface area contributed by atoms with Crippen LogP contribution < -0.4 is 5.32 Å². The summed E-state index contributed by atoms with van der Waals surface area (Å²) in [5, 5.41) is 2.59. The summed E-state index contributed by atoms with van der Waals surface area (Å²) in [6.45, 7) is 5.69. The molecule has 0 atom stereocenters. The van der Waals surface area contributed by atoms with Crippen molar-refractivity contribution in [1.29, 1.82) is 0 Å². The van der Waals surface area contributed by atoms with Gasteiger partial charge in [-0.2, -0.15) is 0 Å². The molecule has 120 valence electrons. The summed E-state index contributed by atoms with van der Waals surface area (Å²) in [6.07, 6.45) is 1.06. The maximum atomic E-state index is 11.6. The number of alkyl carbamates (subject to hydrolysis) is 1. The van der Waals surface area contributed by atoms with Crippen LogP contribution in [-0.2, 0) is 14.6 Å². The number of sulfone groups is 1. The number of nitrogens with one attached hydrogen (secondary N) is 1. The highest BCUT2D eigenvalue weighted by atomic mass is 32.2. The van der Waals surface area contributed by atoms with Crippen LogP contribution in [0.4, 0.5) is 4.79 Å². The lowest BCUT2D eigenvalue weighted by atomic mass is 10.2. The summed E-state index contributed by atoms with van der Waals surface area (Å²) >= 11 is 0. The Labute approximate surface area is 132 Å². The van der Waals surface area contributed by atoms with E-state index < -0.39 is 21.5 Å². The van der Waals surface area contributed by atoms with Crippen LogP contribution in [0.2, 0.25) is 0 Å². The molecule has 0 fully saturated rings. The van der Waals surface area contributed by atoms with Gasteiger partial charge >= 0.3 is 6.09 Å². The van der Waals surface area contributed by atoms with Crippen LogP contribution >= 0.6 is 0 Å². The molecule has 0 aliphatic heterocycles. The second-order valence-electron chi connectivity index (χ2n) is 5.75. The predicted molar refractivity (Wildman–Crippen MR) is 85.3 cm³/mol. The molecule has 6 heteroatoms. The Morgan fingerprint density at radius 2 is 1.91 bits per heavy atom. The van der Waals surface area contributed by atoms with E-state index in [1.807, 2.05) is 0 Å². The van der Waals surface area contributed by atoms with E-state index in [0.717, 1.165) is 6.26 Å². The normalized spacial score (nSPS) is 11.3. The molecular weight excluding hydrogens is 302 g/mol. The van der Waals surface area contributed by atoms with E-state index in [2.05, 4.69) is 17.2 Å². The first-order chi connectivity index (χ1) is 10.1. The van der Waals surface area contributed by atoms with Crippen molar-refractivity contribution in [2.75, 3.05) is 12.8 Å². The van der Waals surface area contributed by atoms with Gasteiger partial charge in [0.15, 0.2) is 9.84 Å². The molecule has 0 unspecified atom stereocenters. The van der Waals surface area contributed by atoms with Gasteiger partial charge in [-0.05, 0) is 32.9 Å². The number of hydrogen-bond donors (Lipinski definition) is 1. The molecule has 0 radical (unpaired) electrons. The Hall–Kier alpha value is -2.00. The summed E-state index contributed by atoms with van der Waals surface area (Å²) in [5.74, 6) is 5.67. The van der Waals surface area contributed by atoms with Gasteiger partial charge in [-0.3, -0.25) is 0 Å². The highest BCUT2D eigenvalue weighted by Gasteiger charge is 2.15. The molecule has 0 bridgehead atoms. The van der Waals surface area contributed by atoms with E-state index in [-0.39, 0.29) is 4.90 Å². The second kappa shape index (κ2) is 7.32. The molecule has 1 aromatic carbocycles. The zero-order valence-corrected chi connectivity index (χ0v) is 14.1. The Morgan fingerprint density at radius 3 is 2.50 bits per heavy atom. The number of carbonyl (C=O) groups is 1. The monoisotopic (exact) mass is 323 g/mol. The van der Waals surface area contributed by atoms with E-state index in [0.29, 0.717) is 18.5 Å². The third-order valence-electron chi connectivity index (χ3n) is 2.43. The van der Waals surface area contributed by atoms with Crippen molar-refractivity contribution in [1.82, 2.24) is 5.32 Å². The lowest BCUT2D eigenvalue weighted by molar-refractivity contribution is 0.0529. The number of amides is 1. The van der Waals surface area contributed by atoms with Gasteiger partial charge in [0.25, 0.3) is 0 Å². The number of rotatable bonds is 3. The van der Waals surface area contributed by atoms with Gasteiger partial charge in [-0.1, -0.05) is 24.0 Å². The molecule has 1 amide bonds. The molecule has 0 spiro atoms. The molecule has 5 nitrogen and oxygen atoms in total. The maximum absolute atomic E-state index is 11.6. The lowest BCUT2D eigenvalue weighted by Crippen LogP contribution is -2.32. The van der Waals surface area contributed by atoms with Crippen molar-refractivity contribution in [2.24, 2.45) is 0 Å². The van der Waals surface area contributed by atoms with Crippen LogP contribution in [0.5, 0.6) is 0 Å². The van der Waals surface area contributed by atoms with E-state index in [1.165, 1.54) is 6.07 Å². The van der Waals surface area contributed by atoms with Crippen LogP contribution in [0.1, 0.15) is 32.8 Å². The first kappa shape index (κ1) is 18.1.